The Morgan fingerprint density at radius 2 is 2.14 bits per heavy atom. The fraction of sp³-hybridized carbons (Fsp3) is 0.750. The molecule has 22 heavy (non-hydrogen) atoms. The molecular weight excluding hydrogens is 407 g/mol. The Labute approximate surface area is 155 Å². The van der Waals surface area contributed by atoms with Gasteiger partial charge < -0.3 is 10.6 Å². The highest BCUT2D eigenvalue weighted by atomic mass is 127. The molecule has 1 aromatic heterocycles. The summed E-state index contributed by atoms with van der Waals surface area (Å²) in [4.78, 5) is 10.1. The van der Waals surface area contributed by atoms with Gasteiger partial charge >= 0.3 is 0 Å². The molecule has 0 bridgehead atoms. The summed E-state index contributed by atoms with van der Waals surface area (Å²) in [6, 6.07) is 0. The van der Waals surface area contributed by atoms with Crippen LogP contribution in [0.5, 0.6) is 0 Å². The Balaban J connectivity index is 0.00000242. The molecule has 2 N–H and O–H groups in total. The summed E-state index contributed by atoms with van der Waals surface area (Å²) in [5.41, 5.74) is 0. The third-order valence-corrected chi connectivity index (χ3v) is 4.86. The van der Waals surface area contributed by atoms with Crippen molar-refractivity contribution in [1.29, 1.82) is 0 Å². The summed E-state index contributed by atoms with van der Waals surface area (Å²) >= 11 is 1.72. The molecule has 0 amide bonds. The van der Waals surface area contributed by atoms with E-state index in [2.05, 4.69) is 27.5 Å². The predicted octanol–water partition coefficient (Wildman–Crippen LogP) is 4.10. The molecule has 0 atom stereocenters. The highest BCUT2D eigenvalue weighted by Gasteiger charge is 2.13. The Kier molecular flexibility index (Phi) is 10.0. The van der Waals surface area contributed by atoms with Crippen LogP contribution in [0.3, 0.4) is 0 Å². The summed E-state index contributed by atoms with van der Waals surface area (Å²) < 4.78 is 0. The van der Waals surface area contributed by atoms with Gasteiger partial charge in [-0.3, -0.25) is 0 Å². The number of nitrogens with zero attached hydrogens (tertiary/aromatic N) is 2. The molecule has 4 nitrogen and oxygen atoms in total. The van der Waals surface area contributed by atoms with Gasteiger partial charge in [-0.2, -0.15) is 0 Å². The summed E-state index contributed by atoms with van der Waals surface area (Å²) in [7, 11) is 0. The number of guanidine groups is 1. The first-order valence-electron chi connectivity index (χ1n) is 8.21. The van der Waals surface area contributed by atoms with Crippen LogP contribution in [0.2, 0.25) is 0 Å². The Morgan fingerprint density at radius 1 is 1.36 bits per heavy atom. The molecule has 0 aromatic carbocycles. The van der Waals surface area contributed by atoms with Gasteiger partial charge in [0.05, 0.1) is 11.6 Å². The van der Waals surface area contributed by atoms with E-state index in [0.29, 0.717) is 6.54 Å². The van der Waals surface area contributed by atoms with Crippen LogP contribution < -0.4 is 10.6 Å². The maximum absolute atomic E-state index is 4.63. The topological polar surface area (TPSA) is 49.3 Å². The minimum absolute atomic E-state index is 0. The summed E-state index contributed by atoms with van der Waals surface area (Å²) in [5, 5.41) is 7.86. The fourth-order valence-electron chi connectivity index (χ4n) is 2.87. The average molecular weight is 436 g/mol. The lowest BCUT2D eigenvalue weighted by atomic mass is 10.0. The summed E-state index contributed by atoms with van der Waals surface area (Å²) in [6.45, 7) is 6.76. The van der Waals surface area contributed by atoms with Crippen LogP contribution in [0.15, 0.2) is 11.2 Å². The zero-order valence-electron chi connectivity index (χ0n) is 13.7. The van der Waals surface area contributed by atoms with Gasteiger partial charge in [-0.05, 0) is 32.6 Å². The van der Waals surface area contributed by atoms with Crippen molar-refractivity contribution in [3.8, 4) is 0 Å². The predicted molar refractivity (Wildman–Crippen MR) is 106 cm³/mol. The minimum atomic E-state index is 0. The molecule has 1 heterocycles. The fourth-order valence-corrected chi connectivity index (χ4v) is 3.59. The van der Waals surface area contributed by atoms with Crippen molar-refractivity contribution in [2.24, 2.45) is 10.9 Å². The molecule has 1 fully saturated rings. The van der Waals surface area contributed by atoms with Gasteiger partial charge in [0, 0.05) is 24.2 Å². The number of halogens is 1. The zero-order valence-corrected chi connectivity index (χ0v) is 16.9. The number of aliphatic imine (C=N–C) groups is 1. The minimum Gasteiger partial charge on any atom is -0.357 e. The number of thiazole rings is 1. The third-order valence-electron chi connectivity index (χ3n) is 3.96. The number of aromatic nitrogens is 1. The molecule has 0 spiro atoms. The normalized spacial score (nSPS) is 15.6. The average Bonchev–Trinajstić information content (AvgIpc) is 3.12. The number of aryl methyl sites for hydroxylation is 1. The van der Waals surface area contributed by atoms with Crippen molar-refractivity contribution in [2.75, 3.05) is 13.1 Å². The SMILES string of the molecule is CCNC(=NCc1cnc(C)s1)NCCCC1CCCC1.I. The maximum Gasteiger partial charge on any atom is 0.191 e. The van der Waals surface area contributed by atoms with Gasteiger partial charge in [0.15, 0.2) is 5.96 Å². The van der Waals surface area contributed by atoms with E-state index in [1.54, 1.807) is 11.3 Å². The number of hydrogen-bond acceptors (Lipinski definition) is 3. The largest absolute Gasteiger partial charge is 0.357 e. The van der Waals surface area contributed by atoms with Gasteiger partial charge in [-0.25, -0.2) is 9.98 Å². The monoisotopic (exact) mass is 436 g/mol. The first kappa shape index (κ1) is 19.7. The second-order valence-electron chi connectivity index (χ2n) is 5.76. The quantitative estimate of drug-likeness (QED) is 0.293. The van der Waals surface area contributed by atoms with Crippen molar-refractivity contribution < 1.29 is 0 Å². The second kappa shape index (κ2) is 11.2. The van der Waals surface area contributed by atoms with E-state index >= 15 is 0 Å². The molecule has 1 saturated carbocycles. The first-order chi connectivity index (χ1) is 10.3. The van der Waals surface area contributed by atoms with E-state index in [9.17, 15) is 0 Å². The van der Waals surface area contributed by atoms with Crippen molar-refractivity contribution >= 4 is 41.3 Å². The molecular formula is C16H29IN4S. The Hall–Kier alpha value is -0.370. The third kappa shape index (κ3) is 7.26. The van der Waals surface area contributed by atoms with Gasteiger partial charge in [-0.1, -0.05) is 25.7 Å². The molecule has 1 aliphatic rings. The standard InChI is InChI=1S/C16H28N4S.HI/c1-3-17-16(20-12-15-11-19-13(2)21-15)18-10-6-9-14-7-4-5-8-14;/h11,14H,3-10,12H2,1-2H3,(H2,17,18,20);1H. The summed E-state index contributed by atoms with van der Waals surface area (Å²) in [5.74, 6) is 1.90. The first-order valence-corrected chi connectivity index (χ1v) is 9.03. The molecule has 0 aliphatic heterocycles. The van der Waals surface area contributed by atoms with Crippen molar-refractivity contribution in [1.82, 2.24) is 15.6 Å². The highest BCUT2D eigenvalue weighted by molar-refractivity contribution is 14.0. The molecule has 0 saturated heterocycles. The zero-order chi connectivity index (χ0) is 14.9. The summed E-state index contributed by atoms with van der Waals surface area (Å²) in [6.07, 6.45) is 10.3. The molecule has 0 unspecified atom stereocenters. The lowest BCUT2D eigenvalue weighted by Gasteiger charge is -2.12. The van der Waals surface area contributed by atoms with Crippen LogP contribution >= 0.6 is 35.3 Å². The van der Waals surface area contributed by atoms with E-state index in [-0.39, 0.29) is 24.0 Å². The Bertz CT molecular complexity index is 441. The van der Waals surface area contributed by atoms with E-state index < -0.39 is 0 Å². The second-order valence-corrected chi connectivity index (χ2v) is 7.08. The number of nitrogens with one attached hydrogen (secondary N) is 2. The van der Waals surface area contributed by atoms with Crippen LogP contribution in [-0.2, 0) is 6.54 Å². The molecule has 2 rings (SSSR count). The van der Waals surface area contributed by atoms with E-state index in [1.807, 2.05) is 13.1 Å². The van der Waals surface area contributed by atoms with E-state index in [0.717, 1.165) is 30.0 Å². The highest BCUT2D eigenvalue weighted by Crippen LogP contribution is 2.28. The van der Waals surface area contributed by atoms with Gasteiger partial charge in [0.1, 0.15) is 0 Å². The maximum atomic E-state index is 4.63. The van der Waals surface area contributed by atoms with Crippen LogP contribution in [0.1, 0.15) is 55.3 Å². The molecule has 1 aliphatic carbocycles. The van der Waals surface area contributed by atoms with Crippen molar-refractivity contribution in [3.05, 3.63) is 16.1 Å². The van der Waals surface area contributed by atoms with Crippen LogP contribution in [-0.4, -0.2) is 24.0 Å². The van der Waals surface area contributed by atoms with Gasteiger partial charge in [0.25, 0.3) is 0 Å². The van der Waals surface area contributed by atoms with Gasteiger partial charge in [0.2, 0.25) is 0 Å². The lowest BCUT2D eigenvalue weighted by Crippen LogP contribution is -2.37. The van der Waals surface area contributed by atoms with Crippen molar-refractivity contribution in [3.63, 3.8) is 0 Å². The number of rotatable bonds is 7. The smallest absolute Gasteiger partial charge is 0.191 e. The Morgan fingerprint density at radius 3 is 2.77 bits per heavy atom. The molecule has 126 valence electrons. The lowest BCUT2D eigenvalue weighted by molar-refractivity contribution is 0.481. The molecule has 1 aromatic rings. The molecule has 0 radical (unpaired) electrons. The van der Waals surface area contributed by atoms with Crippen LogP contribution in [0.4, 0.5) is 0 Å². The molecule has 6 heteroatoms. The number of hydrogen-bond donors (Lipinski definition) is 2. The van der Waals surface area contributed by atoms with Gasteiger partial charge in [-0.15, -0.1) is 35.3 Å². The van der Waals surface area contributed by atoms with Crippen molar-refractivity contribution in [2.45, 2.75) is 58.9 Å². The van der Waals surface area contributed by atoms with Crippen LogP contribution in [0, 0.1) is 12.8 Å². The van der Waals surface area contributed by atoms with E-state index in [1.165, 1.54) is 43.4 Å². The van der Waals surface area contributed by atoms with Crippen LogP contribution in [0.25, 0.3) is 0 Å². The van der Waals surface area contributed by atoms with E-state index in [4.69, 9.17) is 0 Å².